The zero-order valence-electron chi connectivity index (χ0n) is 11.1. The lowest BCUT2D eigenvalue weighted by Crippen LogP contribution is -2.17. The summed E-state index contributed by atoms with van der Waals surface area (Å²) < 4.78 is 15.3. The number of benzene rings is 1. The number of anilines is 1. The SMILES string of the molecule is Cc1ccc(F)cc1-n1ccnc1NC1CCCC1. The first-order valence-electron chi connectivity index (χ1n) is 6.80. The maximum atomic E-state index is 13.4. The number of aryl methyl sites for hydroxylation is 1. The van der Waals surface area contributed by atoms with E-state index in [0.717, 1.165) is 17.2 Å². The van der Waals surface area contributed by atoms with Crippen molar-refractivity contribution in [1.29, 1.82) is 0 Å². The van der Waals surface area contributed by atoms with E-state index in [4.69, 9.17) is 0 Å². The molecule has 1 aromatic carbocycles. The minimum absolute atomic E-state index is 0.221. The molecule has 0 unspecified atom stereocenters. The van der Waals surface area contributed by atoms with Gasteiger partial charge in [-0.25, -0.2) is 9.37 Å². The van der Waals surface area contributed by atoms with Crippen LogP contribution in [0.15, 0.2) is 30.6 Å². The molecular formula is C15H18FN3. The molecule has 1 aliphatic carbocycles. The molecule has 19 heavy (non-hydrogen) atoms. The highest BCUT2D eigenvalue weighted by Gasteiger charge is 2.17. The Morgan fingerprint density at radius 3 is 2.89 bits per heavy atom. The van der Waals surface area contributed by atoms with Crippen LogP contribution < -0.4 is 5.32 Å². The summed E-state index contributed by atoms with van der Waals surface area (Å²) in [5.74, 6) is 0.585. The smallest absolute Gasteiger partial charge is 0.207 e. The molecule has 0 atom stereocenters. The van der Waals surface area contributed by atoms with Crippen molar-refractivity contribution in [2.45, 2.75) is 38.6 Å². The Kier molecular flexibility index (Phi) is 3.23. The number of rotatable bonds is 3. The Bertz CT molecular complexity index is 571. The molecule has 0 bridgehead atoms. The van der Waals surface area contributed by atoms with Crippen LogP contribution in [-0.4, -0.2) is 15.6 Å². The van der Waals surface area contributed by atoms with Crippen molar-refractivity contribution in [3.8, 4) is 5.69 Å². The molecule has 0 amide bonds. The average Bonchev–Trinajstić information content (AvgIpc) is 3.04. The normalized spacial score (nSPS) is 15.9. The predicted octanol–water partition coefficient (Wildman–Crippen LogP) is 3.67. The topological polar surface area (TPSA) is 29.9 Å². The largest absolute Gasteiger partial charge is 0.353 e. The molecule has 1 heterocycles. The van der Waals surface area contributed by atoms with E-state index in [-0.39, 0.29) is 5.82 Å². The van der Waals surface area contributed by atoms with Crippen LogP contribution in [0, 0.1) is 12.7 Å². The van der Waals surface area contributed by atoms with Crippen LogP contribution in [-0.2, 0) is 0 Å². The predicted molar refractivity (Wildman–Crippen MR) is 74.1 cm³/mol. The van der Waals surface area contributed by atoms with Crippen molar-refractivity contribution in [3.63, 3.8) is 0 Å². The van der Waals surface area contributed by atoms with Crippen LogP contribution in [0.25, 0.3) is 5.69 Å². The fraction of sp³-hybridized carbons (Fsp3) is 0.400. The first kappa shape index (κ1) is 12.2. The molecule has 0 radical (unpaired) electrons. The number of nitrogens with zero attached hydrogens (tertiary/aromatic N) is 2. The lowest BCUT2D eigenvalue weighted by Gasteiger charge is -2.16. The molecule has 0 saturated heterocycles. The van der Waals surface area contributed by atoms with Crippen molar-refractivity contribution in [2.24, 2.45) is 0 Å². The van der Waals surface area contributed by atoms with Crippen LogP contribution in [0.1, 0.15) is 31.2 Å². The summed E-state index contributed by atoms with van der Waals surface area (Å²) in [7, 11) is 0. The molecule has 1 aromatic heterocycles. The minimum Gasteiger partial charge on any atom is -0.353 e. The maximum absolute atomic E-state index is 13.4. The minimum atomic E-state index is -0.221. The van der Waals surface area contributed by atoms with Gasteiger partial charge in [0.25, 0.3) is 0 Å². The summed E-state index contributed by atoms with van der Waals surface area (Å²) in [6, 6.07) is 5.33. The van der Waals surface area contributed by atoms with Crippen LogP contribution >= 0.6 is 0 Å². The molecule has 1 N–H and O–H groups in total. The van der Waals surface area contributed by atoms with Crippen molar-refractivity contribution >= 4 is 5.95 Å². The number of halogens is 1. The standard InChI is InChI=1S/C15H18FN3/c1-11-6-7-12(16)10-14(11)19-9-8-17-15(19)18-13-4-2-3-5-13/h6-10,13H,2-5H2,1H3,(H,17,18). The quantitative estimate of drug-likeness (QED) is 0.911. The second kappa shape index (κ2) is 5.03. The Labute approximate surface area is 112 Å². The number of hydrogen-bond donors (Lipinski definition) is 1. The summed E-state index contributed by atoms with van der Waals surface area (Å²) >= 11 is 0. The third-order valence-electron chi connectivity index (χ3n) is 3.76. The highest BCUT2D eigenvalue weighted by atomic mass is 19.1. The van der Waals surface area contributed by atoms with Gasteiger partial charge in [-0.1, -0.05) is 18.9 Å². The van der Waals surface area contributed by atoms with Gasteiger partial charge in [-0.3, -0.25) is 4.57 Å². The summed E-state index contributed by atoms with van der Waals surface area (Å²) in [5.41, 5.74) is 1.88. The van der Waals surface area contributed by atoms with Gasteiger partial charge in [0, 0.05) is 18.4 Å². The second-order valence-electron chi connectivity index (χ2n) is 5.18. The fourth-order valence-corrected chi connectivity index (χ4v) is 2.70. The molecule has 4 heteroatoms. The summed E-state index contributed by atoms with van der Waals surface area (Å²) in [4.78, 5) is 4.36. The number of imidazole rings is 1. The Morgan fingerprint density at radius 2 is 2.11 bits per heavy atom. The van der Waals surface area contributed by atoms with Crippen LogP contribution in [0.3, 0.4) is 0 Å². The van der Waals surface area contributed by atoms with Gasteiger partial charge in [0.2, 0.25) is 5.95 Å². The maximum Gasteiger partial charge on any atom is 0.207 e. The highest BCUT2D eigenvalue weighted by Crippen LogP contribution is 2.24. The molecule has 3 rings (SSSR count). The van der Waals surface area contributed by atoms with E-state index >= 15 is 0 Å². The van der Waals surface area contributed by atoms with Gasteiger partial charge in [-0.05, 0) is 37.5 Å². The molecule has 2 aromatic rings. The lowest BCUT2D eigenvalue weighted by atomic mass is 10.2. The number of nitrogens with one attached hydrogen (secondary N) is 1. The lowest BCUT2D eigenvalue weighted by molar-refractivity contribution is 0.626. The first-order valence-corrected chi connectivity index (χ1v) is 6.80. The summed E-state index contributed by atoms with van der Waals surface area (Å²) in [6.07, 6.45) is 8.55. The van der Waals surface area contributed by atoms with Gasteiger partial charge in [-0.2, -0.15) is 0 Å². The van der Waals surface area contributed by atoms with Crippen molar-refractivity contribution in [3.05, 3.63) is 42.0 Å². The zero-order valence-corrected chi connectivity index (χ0v) is 11.1. The average molecular weight is 259 g/mol. The molecule has 0 spiro atoms. The molecule has 1 fully saturated rings. The van der Waals surface area contributed by atoms with Crippen molar-refractivity contribution in [1.82, 2.24) is 9.55 Å². The first-order chi connectivity index (χ1) is 9.24. The summed E-state index contributed by atoms with van der Waals surface area (Å²) in [5, 5.41) is 3.46. The van der Waals surface area contributed by atoms with Gasteiger partial charge in [0.05, 0.1) is 5.69 Å². The fourth-order valence-electron chi connectivity index (χ4n) is 2.70. The second-order valence-corrected chi connectivity index (χ2v) is 5.18. The van der Waals surface area contributed by atoms with Crippen LogP contribution in [0.2, 0.25) is 0 Å². The third-order valence-corrected chi connectivity index (χ3v) is 3.76. The van der Waals surface area contributed by atoms with Gasteiger partial charge in [0.1, 0.15) is 5.82 Å². The number of aromatic nitrogens is 2. The van der Waals surface area contributed by atoms with Crippen LogP contribution in [0.5, 0.6) is 0 Å². The van der Waals surface area contributed by atoms with Gasteiger partial charge >= 0.3 is 0 Å². The summed E-state index contributed by atoms with van der Waals surface area (Å²) in [6.45, 7) is 1.98. The van der Waals surface area contributed by atoms with Gasteiger partial charge in [0.15, 0.2) is 0 Å². The van der Waals surface area contributed by atoms with E-state index in [2.05, 4.69) is 10.3 Å². The molecule has 1 saturated carbocycles. The Hall–Kier alpha value is -1.84. The molecule has 0 aliphatic heterocycles. The highest BCUT2D eigenvalue weighted by molar-refractivity contribution is 5.47. The molecule has 3 nitrogen and oxygen atoms in total. The third kappa shape index (κ3) is 2.48. The molecular weight excluding hydrogens is 241 g/mol. The molecule has 1 aliphatic rings. The van der Waals surface area contributed by atoms with E-state index in [1.807, 2.05) is 17.7 Å². The Morgan fingerprint density at radius 1 is 1.32 bits per heavy atom. The van der Waals surface area contributed by atoms with E-state index in [1.54, 1.807) is 18.3 Å². The van der Waals surface area contributed by atoms with Gasteiger partial charge in [-0.15, -0.1) is 0 Å². The molecule has 100 valence electrons. The van der Waals surface area contributed by atoms with Crippen molar-refractivity contribution < 1.29 is 4.39 Å². The van der Waals surface area contributed by atoms with E-state index < -0.39 is 0 Å². The monoisotopic (exact) mass is 259 g/mol. The van der Waals surface area contributed by atoms with E-state index in [1.165, 1.54) is 31.7 Å². The van der Waals surface area contributed by atoms with E-state index in [0.29, 0.717) is 6.04 Å². The van der Waals surface area contributed by atoms with E-state index in [9.17, 15) is 4.39 Å². The zero-order chi connectivity index (χ0) is 13.2. The van der Waals surface area contributed by atoms with Crippen LogP contribution in [0.4, 0.5) is 10.3 Å². The van der Waals surface area contributed by atoms with Gasteiger partial charge < -0.3 is 5.32 Å². The van der Waals surface area contributed by atoms with Crippen molar-refractivity contribution in [2.75, 3.05) is 5.32 Å². The number of hydrogen-bond acceptors (Lipinski definition) is 2. The Balaban J connectivity index is 1.92.